The molecule has 0 atom stereocenters. The van der Waals surface area contributed by atoms with E-state index in [0.717, 1.165) is 26.5 Å². The fourth-order valence-corrected chi connectivity index (χ4v) is 4.02. The molecular formula is C24H18N4O2S. The van der Waals surface area contributed by atoms with Crippen LogP contribution in [0.4, 0.5) is 11.4 Å². The minimum absolute atomic E-state index is 0.0294. The van der Waals surface area contributed by atoms with Crippen LogP contribution in [0.15, 0.2) is 78.5 Å². The van der Waals surface area contributed by atoms with Gasteiger partial charge in [0.25, 0.3) is 5.91 Å². The van der Waals surface area contributed by atoms with E-state index < -0.39 is 5.91 Å². The van der Waals surface area contributed by atoms with Gasteiger partial charge in [-0.2, -0.15) is 5.26 Å². The summed E-state index contributed by atoms with van der Waals surface area (Å²) >= 11 is 1.64. The van der Waals surface area contributed by atoms with E-state index in [1.54, 1.807) is 23.5 Å². The van der Waals surface area contributed by atoms with Crippen molar-refractivity contribution in [2.45, 2.75) is 6.92 Å². The molecule has 3 aromatic carbocycles. The highest BCUT2D eigenvalue weighted by atomic mass is 32.1. The Morgan fingerprint density at radius 1 is 1.10 bits per heavy atom. The van der Waals surface area contributed by atoms with Crippen LogP contribution in [-0.4, -0.2) is 16.0 Å². The zero-order valence-corrected chi connectivity index (χ0v) is 17.4. The third-order valence-corrected chi connectivity index (χ3v) is 5.60. The lowest BCUT2D eigenvalue weighted by Crippen LogP contribution is -2.14. The lowest BCUT2D eigenvalue weighted by molar-refractivity contribution is -0.112. The van der Waals surface area contributed by atoms with Crippen molar-refractivity contribution in [3.63, 3.8) is 0 Å². The molecule has 0 aliphatic heterocycles. The van der Waals surface area contributed by atoms with E-state index >= 15 is 0 Å². The number of phenolic OH excluding ortho intramolecular Hbond substituents is 1. The minimum atomic E-state index is -0.568. The summed E-state index contributed by atoms with van der Waals surface area (Å²) in [6.07, 6.45) is 1.35. The Kier molecular flexibility index (Phi) is 5.65. The van der Waals surface area contributed by atoms with Crippen molar-refractivity contribution in [2.75, 3.05) is 10.6 Å². The number of carbonyl (C=O) groups excluding carboxylic acids is 1. The van der Waals surface area contributed by atoms with Gasteiger partial charge in [-0.25, -0.2) is 4.98 Å². The van der Waals surface area contributed by atoms with E-state index in [9.17, 15) is 15.2 Å². The molecule has 0 aliphatic carbocycles. The molecule has 31 heavy (non-hydrogen) atoms. The number of carbonyl (C=O) groups is 1. The number of thiazole rings is 1. The second-order valence-electron chi connectivity index (χ2n) is 6.89. The number of fused-ring (bicyclic) bond motifs is 1. The van der Waals surface area contributed by atoms with E-state index in [-0.39, 0.29) is 11.3 Å². The molecule has 1 heterocycles. The number of amides is 1. The maximum Gasteiger partial charge on any atom is 0.267 e. The maximum atomic E-state index is 12.3. The second kappa shape index (κ2) is 8.69. The summed E-state index contributed by atoms with van der Waals surface area (Å²) in [4.78, 5) is 17.0. The number of aromatic nitrogens is 1. The fraction of sp³-hybridized carbons (Fsp3) is 0.0417. The number of phenols is 1. The SMILES string of the molecule is Cc1ccc2nc(-c3ccc(N/C=C(/C#N)C(=O)Nc4cccc(O)c4)cc3)sc2c1. The van der Waals surface area contributed by atoms with Crippen molar-refractivity contribution >= 4 is 38.8 Å². The molecular weight excluding hydrogens is 408 g/mol. The van der Waals surface area contributed by atoms with E-state index in [2.05, 4.69) is 34.7 Å². The maximum absolute atomic E-state index is 12.3. The molecule has 0 unspecified atom stereocenters. The Morgan fingerprint density at radius 2 is 1.90 bits per heavy atom. The van der Waals surface area contributed by atoms with Gasteiger partial charge in [0.1, 0.15) is 22.4 Å². The molecule has 1 amide bonds. The number of rotatable bonds is 5. The second-order valence-corrected chi connectivity index (χ2v) is 7.92. The molecule has 0 saturated carbocycles. The standard InChI is InChI=1S/C24H18N4O2S/c1-15-5-10-21-22(11-15)31-24(28-21)16-6-8-18(9-7-16)26-14-17(13-25)23(30)27-19-3-2-4-20(29)12-19/h2-12,14,26,29H,1H3,(H,27,30)/b17-14-. The first-order valence-electron chi connectivity index (χ1n) is 9.46. The van der Waals surface area contributed by atoms with E-state index in [0.29, 0.717) is 5.69 Å². The molecule has 4 rings (SSSR count). The molecule has 0 fully saturated rings. The molecule has 7 heteroatoms. The number of hydrogen-bond donors (Lipinski definition) is 3. The quantitative estimate of drug-likeness (QED) is 0.292. The van der Waals surface area contributed by atoms with Gasteiger partial charge in [0.15, 0.2) is 0 Å². The summed E-state index contributed by atoms with van der Waals surface area (Å²) in [7, 11) is 0. The van der Waals surface area contributed by atoms with Gasteiger partial charge in [-0.05, 0) is 61.0 Å². The molecule has 0 aliphatic rings. The first-order valence-corrected chi connectivity index (χ1v) is 10.3. The number of nitrogens with zero attached hydrogens (tertiary/aromatic N) is 2. The highest BCUT2D eigenvalue weighted by Crippen LogP contribution is 2.31. The number of anilines is 2. The van der Waals surface area contributed by atoms with Crippen LogP contribution in [0.1, 0.15) is 5.56 Å². The van der Waals surface area contributed by atoms with Gasteiger partial charge in [0.2, 0.25) is 0 Å². The molecule has 3 N–H and O–H groups in total. The molecule has 4 aromatic rings. The van der Waals surface area contributed by atoms with Crippen molar-refractivity contribution in [1.82, 2.24) is 4.98 Å². The number of nitriles is 1. The van der Waals surface area contributed by atoms with Crippen LogP contribution in [-0.2, 0) is 4.79 Å². The van der Waals surface area contributed by atoms with E-state index in [4.69, 9.17) is 0 Å². The minimum Gasteiger partial charge on any atom is -0.508 e. The number of aryl methyl sites for hydroxylation is 1. The number of nitrogens with one attached hydrogen (secondary N) is 2. The van der Waals surface area contributed by atoms with Gasteiger partial charge in [-0.15, -0.1) is 11.3 Å². The van der Waals surface area contributed by atoms with Crippen molar-refractivity contribution < 1.29 is 9.90 Å². The summed E-state index contributed by atoms with van der Waals surface area (Å²) in [5, 5.41) is 25.3. The molecule has 0 saturated heterocycles. The zero-order valence-electron chi connectivity index (χ0n) is 16.6. The average Bonchev–Trinajstić information content (AvgIpc) is 3.18. The lowest BCUT2D eigenvalue weighted by Gasteiger charge is -2.06. The van der Waals surface area contributed by atoms with Crippen molar-refractivity contribution in [3.05, 3.63) is 84.1 Å². The largest absolute Gasteiger partial charge is 0.508 e. The van der Waals surface area contributed by atoms with Crippen molar-refractivity contribution in [2.24, 2.45) is 0 Å². The topological polar surface area (TPSA) is 98.0 Å². The average molecular weight is 427 g/mol. The van der Waals surface area contributed by atoms with Crippen molar-refractivity contribution in [3.8, 4) is 22.4 Å². The van der Waals surface area contributed by atoms with Gasteiger partial charge in [0, 0.05) is 29.2 Å². The van der Waals surface area contributed by atoms with Gasteiger partial charge >= 0.3 is 0 Å². The number of hydrogen-bond acceptors (Lipinski definition) is 6. The summed E-state index contributed by atoms with van der Waals surface area (Å²) < 4.78 is 1.15. The fourth-order valence-electron chi connectivity index (χ4n) is 2.95. The van der Waals surface area contributed by atoms with Gasteiger partial charge < -0.3 is 15.7 Å². The lowest BCUT2D eigenvalue weighted by atomic mass is 10.2. The normalized spacial score (nSPS) is 11.2. The third kappa shape index (κ3) is 4.71. The van der Waals surface area contributed by atoms with Gasteiger partial charge in [0.05, 0.1) is 10.2 Å². The van der Waals surface area contributed by atoms with Crippen LogP contribution >= 0.6 is 11.3 Å². The zero-order chi connectivity index (χ0) is 21.8. The Bertz CT molecular complexity index is 1330. The molecule has 0 spiro atoms. The Hall–Kier alpha value is -4.15. The highest BCUT2D eigenvalue weighted by molar-refractivity contribution is 7.21. The molecule has 0 bridgehead atoms. The summed E-state index contributed by atoms with van der Waals surface area (Å²) in [5.41, 5.74) is 4.23. The number of aromatic hydroxyl groups is 1. The van der Waals surface area contributed by atoms with E-state index in [1.807, 2.05) is 36.4 Å². The van der Waals surface area contributed by atoms with Crippen LogP contribution in [0, 0.1) is 18.3 Å². The molecule has 152 valence electrons. The van der Waals surface area contributed by atoms with Gasteiger partial charge in [-0.1, -0.05) is 12.1 Å². The Balaban J connectivity index is 1.46. The monoisotopic (exact) mass is 426 g/mol. The highest BCUT2D eigenvalue weighted by Gasteiger charge is 2.10. The molecule has 6 nitrogen and oxygen atoms in total. The van der Waals surface area contributed by atoms with E-state index in [1.165, 1.54) is 23.9 Å². The van der Waals surface area contributed by atoms with Gasteiger partial charge in [-0.3, -0.25) is 4.79 Å². The predicted molar refractivity (Wildman–Crippen MR) is 124 cm³/mol. The third-order valence-electron chi connectivity index (χ3n) is 4.53. The van der Waals surface area contributed by atoms with Crippen molar-refractivity contribution in [1.29, 1.82) is 5.26 Å². The number of benzene rings is 3. The van der Waals surface area contributed by atoms with Crippen LogP contribution in [0.3, 0.4) is 0 Å². The summed E-state index contributed by atoms with van der Waals surface area (Å²) in [6, 6.07) is 21.8. The molecule has 0 radical (unpaired) electrons. The van der Waals surface area contributed by atoms with Crippen LogP contribution in [0.25, 0.3) is 20.8 Å². The first-order chi connectivity index (χ1) is 15.0. The molecule has 1 aromatic heterocycles. The first kappa shape index (κ1) is 20.1. The van der Waals surface area contributed by atoms with Crippen LogP contribution in [0.2, 0.25) is 0 Å². The predicted octanol–water partition coefficient (Wildman–Crippen LogP) is 5.44. The summed E-state index contributed by atoms with van der Waals surface area (Å²) in [6.45, 7) is 2.06. The van der Waals surface area contributed by atoms with Crippen LogP contribution < -0.4 is 10.6 Å². The van der Waals surface area contributed by atoms with Crippen LogP contribution in [0.5, 0.6) is 5.75 Å². The Morgan fingerprint density at radius 3 is 2.65 bits per heavy atom. The smallest absolute Gasteiger partial charge is 0.267 e. The summed E-state index contributed by atoms with van der Waals surface area (Å²) in [5.74, 6) is -0.538. The Labute approximate surface area is 183 Å².